The molecule has 0 amide bonds. The van der Waals surface area contributed by atoms with Gasteiger partial charge in [0.25, 0.3) is 0 Å². The van der Waals surface area contributed by atoms with E-state index in [1.807, 2.05) is 37.3 Å². The molecule has 1 fully saturated rings. The van der Waals surface area contributed by atoms with Gasteiger partial charge in [0.15, 0.2) is 5.82 Å². The summed E-state index contributed by atoms with van der Waals surface area (Å²) in [6.07, 6.45) is 3.39. The summed E-state index contributed by atoms with van der Waals surface area (Å²) in [6, 6.07) is 17.7. The fourth-order valence-electron chi connectivity index (χ4n) is 4.08. The third-order valence-corrected chi connectivity index (χ3v) is 5.86. The lowest BCUT2D eigenvalue weighted by molar-refractivity contribution is 0.143. The molecule has 4 heterocycles. The van der Waals surface area contributed by atoms with Gasteiger partial charge in [0, 0.05) is 56.0 Å². The Bertz CT molecular complexity index is 1300. The molecule has 0 unspecified atom stereocenters. The minimum atomic E-state index is 0.144. The van der Waals surface area contributed by atoms with Crippen LogP contribution in [0.25, 0.3) is 11.5 Å². The smallest absolute Gasteiger partial charge is 0.229 e. The van der Waals surface area contributed by atoms with E-state index in [-0.39, 0.29) is 12.6 Å². The van der Waals surface area contributed by atoms with Gasteiger partial charge in [-0.05, 0) is 48.9 Å². The molecule has 0 bridgehead atoms. The number of aliphatic hydroxyl groups excluding tert-OH is 1. The Morgan fingerprint density at radius 3 is 2.56 bits per heavy atom. The first-order chi connectivity index (χ1) is 17.6. The molecule has 4 aromatic rings. The first-order valence-electron chi connectivity index (χ1n) is 11.9. The molecule has 3 aromatic heterocycles. The Morgan fingerprint density at radius 2 is 1.75 bits per heavy atom. The number of piperazine rings is 1. The zero-order valence-corrected chi connectivity index (χ0v) is 20.1. The van der Waals surface area contributed by atoms with Crippen molar-refractivity contribution in [2.75, 3.05) is 36.9 Å². The third kappa shape index (κ3) is 6.16. The standard InChI is InChI=1S/C26H29N9O/c1-18-3-2-4-22(30-18)25-28-11-9-23(33-25)32-24-10-12-29-26(34-24)31-20-7-5-19(6-8-20)15-35-14-13-27-21(16-35)17-36/h2-12,21,27,36H,13-17H2,1H3,(H2,28,29,31,32,33,34)/t21-/m0/s1. The maximum Gasteiger partial charge on any atom is 0.229 e. The lowest BCUT2D eigenvalue weighted by atomic mass is 10.1. The van der Waals surface area contributed by atoms with Crippen molar-refractivity contribution in [3.63, 3.8) is 0 Å². The summed E-state index contributed by atoms with van der Waals surface area (Å²) in [5, 5.41) is 19.2. The number of hydrogen-bond acceptors (Lipinski definition) is 10. The van der Waals surface area contributed by atoms with Gasteiger partial charge in [0.1, 0.15) is 17.3 Å². The lowest BCUT2D eigenvalue weighted by Gasteiger charge is -2.32. The van der Waals surface area contributed by atoms with Crippen molar-refractivity contribution in [3.8, 4) is 11.5 Å². The topological polar surface area (TPSA) is 124 Å². The first-order valence-corrected chi connectivity index (χ1v) is 11.9. The van der Waals surface area contributed by atoms with Crippen LogP contribution in [-0.4, -0.2) is 67.2 Å². The van der Waals surface area contributed by atoms with Crippen molar-refractivity contribution in [1.82, 2.24) is 35.1 Å². The number of aromatic nitrogens is 5. The van der Waals surface area contributed by atoms with Gasteiger partial charge < -0.3 is 21.1 Å². The molecule has 36 heavy (non-hydrogen) atoms. The summed E-state index contributed by atoms with van der Waals surface area (Å²) < 4.78 is 0. The average molecular weight is 484 g/mol. The Hall–Kier alpha value is -3.99. The summed E-state index contributed by atoms with van der Waals surface area (Å²) in [5.41, 5.74) is 3.75. The highest BCUT2D eigenvalue weighted by Crippen LogP contribution is 2.20. The highest BCUT2D eigenvalue weighted by atomic mass is 16.3. The van der Waals surface area contributed by atoms with E-state index in [0.717, 1.165) is 43.3 Å². The Kier molecular flexibility index (Phi) is 7.36. The van der Waals surface area contributed by atoms with Crippen molar-refractivity contribution >= 4 is 23.3 Å². The van der Waals surface area contributed by atoms with Gasteiger partial charge in [-0.15, -0.1) is 0 Å². The van der Waals surface area contributed by atoms with Crippen LogP contribution in [0.3, 0.4) is 0 Å². The van der Waals surface area contributed by atoms with E-state index in [2.05, 4.69) is 57.9 Å². The number of nitrogens with zero attached hydrogens (tertiary/aromatic N) is 6. The molecule has 1 aromatic carbocycles. The minimum Gasteiger partial charge on any atom is -0.395 e. The normalized spacial score (nSPS) is 16.0. The van der Waals surface area contributed by atoms with Gasteiger partial charge in [-0.2, -0.15) is 4.98 Å². The quantitative estimate of drug-likeness (QED) is 0.297. The highest BCUT2D eigenvalue weighted by molar-refractivity contribution is 5.59. The van der Waals surface area contributed by atoms with Crippen LogP contribution in [0.2, 0.25) is 0 Å². The molecule has 1 atom stereocenters. The number of aryl methyl sites for hydroxylation is 1. The molecule has 4 N–H and O–H groups in total. The van der Waals surface area contributed by atoms with Crippen LogP contribution in [0.15, 0.2) is 67.0 Å². The Balaban J connectivity index is 1.22. The van der Waals surface area contributed by atoms with Crippen LogP contribution in [0, 0.1) is 6.92 Å². The molecule has 5 rings (SSSR count). The molecule has 0 spiro atoms. The number of benzene rings is 1. The van der Waals surface area contributed by atoms with Crippen LogP contribution in [-0.2, 0) is 6.54 Å². The van der Waals surface area contributed by atoms with Crippen molar-refractivity contribution in [3.05, 3.63) is 78.2 Å². The number of anilines is 4. The molecule has 184 valence electrons. The zero-order valence-electron chi connectivity index (χ0n) is 20.1. The summed E-state index contributed by atoms with van der Waals surface area (Å²) in [5.74, 6) is 2.26. The molecule has 10 nitrogen and oxygen atoms in total. The van der Waals surface area contributed by atoms with Gasteiger partial charge in [0.2, 0.25) is 5.95 Å². The number of aliphatic hydroxyl groups is 1. The molecule has 1 saturated heterocycles. The minimum absolute atomic E-state index is 0.144. The number of hydrogen-bond donors (Lipinski definition) is 4. The molecule has 1 aliphatic rings. The van der Waals surface area contributed by atoms with Crippen molar-refractivity contribution in [2.24, 2.45) is 0 Å². The highest BCUT2D eigenvalue weighted by Gasteiger charge is 2.18. The molecule has 1 aliphatic heterocycles. The Labute approximate surface area is 209 Å². The van der Waals surface area contributed by atoms with E-state index in [1.54, 1.807) is 24.5 Å². The summed E-state index contributed by atoms with van der Waals surface area (Å²) >= 11 is 0. The predicted octanol–water partition coefficient (Wildman–Crippen LogP) is 2.89. The average Bonchev–Trinajstić information content (AvgIpc) is 2.90. The van der Waals surface area contributed by atoms with Crippen LogP contribution in [0.5, 0.6) is 0 Å². The second-order valence-corrected chi connectivity index (χ2v) is 8.71. The molecule has 0 aliphatic carbocycles. The van der Waals surface area contributed by atoms with Crippen molar-refractivity contribution < 1.29 is 5.11 Å². The molecule has 0 radical (unpaired) electrons. The number of nitrogens with one attached hydrogen (secondary N) is 3. The third-order valence-electron chi connectivity index (χ3n) is 5.86. The molecule has 0 saturated carbocycles. The largest absolute Gasteiger partial charge is 0.395 e. The molecular formula is C26H29N9O. The van der Waals surface area contributed by atoms with E-state index in [4.69, 9.17) is 0 Å². The summed E-state index contributed by atoms with van der Waals surface area (Å²) in [6.45, 7) is 5.67. The number of rotatable bonds is 8. The second kappa shape index (κ2) is 11.2. The summed E-state index contributed by atoms with van der Waals surface area (Å²) in [4.78, 5) is 24.7. The van der Waals surface area contributed by atoms with E-state index in [1.165, 1.54) is 5.56 Å². The fraction of sp³-hybridized carbons (Fsp3) is 0.269. The number of pyridine rings is 1. The lowest BCUT2D eigenvalue weighted by Crippen LogP contribution is -2.51. The van der Waals surface area contributed by atoms with Gasteiger partial charge in [-0.3, -0.25) is 4.90 Å². The molecular weight excluding hydrogens is 454 g/mol. The monoisotopic (exact) mass is 483 g/mol. The maximum absolute atomic E-state index is 9.40. The van der Waals surface area contributed by atoms with E-state index >= 15 is 0 Å². The Morgan fingerprint density at radius 1 is 0.944 bits per heavy atom. The second-order valence-electron chi connectivity index (χ2n) is 8.71. The summed E-state index contributed by atoms with van der Waals surface area (Å²) in [7, 11) is 0. The van der Waals surface area contributed by atoms with Crippen molar-refractivity contribution in [2.45, 2.75) is 19.5 Å². The van der Waals surface area contributed by atoms with Crippen LogP contribution in [0.4, 0.5) is 23.3 Å². The zero-order chi connectivity index (χ0) is 24.7. The van der Waals surface area contributed by atoms with E-state index < -0.39 is 0 Å². The van der Waals surface area contributed by atoms with Gasteiger partial charge in [0.05, 0.1) is 6.61 Å². The van der Waals surface area contributed by atoms with Crippen LogP contribution < -0.4 is 16.0 Å². The van der Waals surface area contributed by atoms with Gasteiger partial charge >= 0.3 is 0 Å². The first kappa shape index (κ1) is 23.7. The van der Waals surface area contributed by atoms with Crippen LogP contribution in [0.1, 0.15) is 11.3 Å². The van der Waals surface area contributed by atoms with Crippen molar-refractivity contribution in [1.29, 1.82) is 0 Å². The fourth-order valence-corrected chi connectivity index (χ4v) is 4.08. The van der Waals surface area contributed by atoms with Gasteiger partial charge in [-0.1, -0.05) is 18.2 Å². The molecule has 10 heteroatoms. The van der Waals surface area contributed by atoms with Gasteiger partial charge in [-0.25, -0.2) is 19.9 Å². The SMILES string of the molecule is Cc1cccc(-c2nccc(Nc3ccnc(Nc4ccc(CN5CCN[C@H](CO)C5)cc4)n3)n2)n1. The van der Waals surface area contributed by atoms with Crippen LogP contribution >= 0.6 is 0 Å². The van der Waals surface area contributed by atoms with E-state index in [0.29, 0.717) is 23.4 Å². The maximum atomic E-state index is 9.40. The predicted molar refractivity (Wildman–Crippen MR) is 139 cm³/mol. The van der Waals surface area contributed by atoms with E-state index in [9.17, 15) is 5.11 Å².